The fraction of sp³-hybridized carbons (Fsp3) is 0.667. The molecule has 0 aromatic heterocycles. The number of benzene rings is 1. The second-order valence-corrected chi connectivity index (χ2v) is 7.87. The lowest BCUT2D eigenvalue weighted by Gasteiger charge is -2.40. The van der Waals surface area contributed by atoms with Crippen LogP contribution in [0.1, 0.15) is 46.2 Å². The van der Waals surface area contributed by atoms with Crippen molar-refractivity contribution >= 4 is 6.41 Å². The van der Waals surface area contributed by atoms with Crippen LogP contribution >= 0.6 is 0 Å². The van der Waals surface area contributed by atoms with E-state index >= 15 is 0 Å². The van der Waals surface area contributed by atoms with E-state index in [4.69, 9.17) is 5.11 Å². The quantitative estimate of drug-likeness (QED) is 0.738. The second kappa shape index (κ2) is 11.4. The minimum Gasteiger partial charge on any atom is -0.391 e. The lowest BCUT2D eigenvalue weighted by atomic mass is 10.0. The van der Waals surface area contributed by atoms with Gasteiger partial charge in [-0.3, -0.25) is 9.69 Å². The Kier molecular flexibility index (Phi) is 9.91. The molecule has 2 rings (SSSR count). The Morgan fingerprint density at radius 2 is 1.67 bits per heavy atom. The van der Waals surface area contributed by atoms with E-state index < -0.39 is 5.60 Å². The maximum atomic E-state index is 14.3. The van der Waals surface area contributed by atoms with Crippen LogP contribution in [-0.4, -0.2) is 77.6 Å². The Labute approximate surface area is 163 Å². The predicted molar refractivity (Wildman–Crippen MR) is 108 cm³/mol. The normalized spacial score (nSPS) is 16.7. The maximum absolute atomic E-state index is 14.3. The van der Waals surface area contributed by atoms with Crippen LogP contribution in [-0.2, 0) is 4.79 Å². The molecule has 1 aromatic rings. The average Bonchev–Trinajstić information content (AvgIpc) is 2.62. The highest BCUT2D eigenvalue weighted by Gasteiger charge is 2.27. The molecule has 1 aliphatic rings. The van der Waals surface area contributed by atoms with Gasteiger partial charge in [-0.25, -0.2) is 4.39 Å². The van der Waals surface area contributed by atoms with E-state index in [1.807, 2.05) is 12.1 Å². The molecule has 0 spiro atoms. The summed E-state index contributed by atoms with van der Waals surface area (Å²) in [6.07, 6.45) is 0.903. The Bertz CT molecular complexity index is 545. The summed E-state index contributed by atoms with van der Waals surface area (Å²) in [5.41, 5.74) is 0.258. The van der Waals surface area contributed by atoms with Crippen molar-refractivity contribution in [2.45, 2.75) is 46.3 Å². The van der Waals surface area contributed by atoms with Crippen LogP contribution in [0.3, 0.4) is 0 Å². The molecule has 1 fully saturated rings. The Morgan fingerprint density at radius 3 is 2.11 bits per heavy atom. The predicted octanol–water partition coefficient (Wildman–Crippen LogP) is 2.76. The van der Waals surface area contributed by atoms with Gasteiger partial charge in [0.25, 0.3) is 0 Å². The largest absolute Gasteiger partial charge is 0.391 e. The first-order valence-corrected chi connectivity index (χ1v) is 9.82. The van der Waals surface area contributed by atoms with Crippen molar-refractivity contribution in [1.29, 1.82) is 0 Å². The zero-order valence-corrected chi connectivity index (χ0v) is 17.5. The van der Waals surface area contributed by atoms with Crippen LogP contribution in [0.2, 0.25) is 0 Å². The van der Waals surface area contributed by atoms with Crippen LogP contribution in [0.4, 0.5) is 4.39 Å². The summed E-state index contributed by atoms with van der Waals surface area (Å²) < 4.78 is 14.3. The van der Waals surface area contributed by atoms with E-state index in [2.05, 4.69) is 23.6 Å². The lowest BCUT2D eigenvalue weighted by Crippen LogP contribution is -2.49. The van der Waals surface area contributed by atoms with E-state index in [0.717, 1.165) is 44.7 Å². The van der Waals surface area contributed by atoms with Gasteiger partial charge in [-0.2, -0.15) is 0 Å². The molecule has 27 heavy (non-hydrogen) atoms. The molecule has 5 nitrogen and oxygen atoms in total. The summed E-state index contributed by atoms with van der Waals surface area (Å²) in [6, 6.07) is 7.09. The zero-order valence-electron chi connectivity index (χ0n) is 17.5. The molecular weight excluding hydrogens is 345 g/mol. The number of nitrogens with zero attached hydrogens (tertiary/aromatic N) is 3. The number of carbonyl (C=O) groups is 1. The fourth-order valence-corrected chi connectivity index (χ4v) is 3.04. The first kappa shape index (κ1) is 23.5. The monoisotopic (exact) mass is 381 g/mol. The van der Waals surface area contributed by atoms with Crippen LogP contribution in [0.5, 0.6) is 0 Å². The van der Waals surface area contributed by atoms with Crippen molar-refractivity contribution in [3.8, 4) is 0 Å². The van der Waals surface area contributed by atoms with Crippen LogP contribution in [0.25, 0.3) is 0 Å². The third-order valence-corrected chi connectivity index (χ3v) is 4.53. The van der Waals surface area contributed by atoms with E-state index in [-0.39, 0.29) is 11.9 Å². The van der Waals surface area contributed by atoms with E-state index in [0.29, 0.717) is 13.1 Å². The van der Waals surface area contributed by atoms with Gasteiger partial charge in [0.15, 0.2) is 0 Å². The van der Waals surface area contributed by atoms with Gasteiger partial charge in [0.1, 0.15) is 5.82 Å². The summed E-state index contributed by atoms with van der Waals surface area (Å²) in [5, 5.41) is 8.52. The number of hydrogen-bond donors (Lipinski definition) is 1. The maximum Gasteiger partial charge on any atom is 0.209 e. The molecule has 0 bridgehead atoms. The molecule has 1 heterocycles. The van der Waals surface area contributed by atoms with Gasteiger partial charge in [0, 0.05) is 38.3 Å². The number of amides is 1. The first-order chi connectivity index (χ1) is 12.7. The molecule has 1 N–H and O–H groups in total. The smallest absolute Gasteiger partial charge is 0.209 e. The van der Waals surface area contributed by atoms with Gasteiger partial charge >= 0.3 is 0 Å². The third-order valence-electron chi connectivity index (χ3n) is 4.53. The summed E-state index contributed by atoms with van der Waals surface area (Å²) in [4.78, 5) is 17.3. The van der Waals surface area contributed by atoms with Crippen LogP contribution < -0.4 is 0 Å². The number of hydrogen-bond acceptors (Lipinski definition) is 4. The molecule has 1 unspecified atom stereocenters. The second-order valence-electron chi connectivity index (χ2n) is 7.87. The molecule has 1 aliphatic heterocycles. The third kappa shape index (κ3) is 8.82. The highest BCUT2D eigenvalue weighted by atomic mass is 19.1. The number of piperazine rings is 1. The van der Waals surface area contributed by atoms with Crippen LogP contribution in [0.15, 0.2) is 24.3 Å². The summed E-state index contributed by atoms with van der Waals surface area (Å²) >= 11 is 0. The topological polar surface area (TPSA) is 47.0 Å². The van der Waals surface area contributed by atoms with Crippen molar-refractivity contribution in [2.24, 2.45) is 0 Å². The summed E-state index contributed by atoms with van der Waals surface area (Å²) in [5.74, 6) is -0.141. The molecule has 154 valence electrons. The number of rotatable bonds is 7. The minimum atomic E-state index is -0.500. The summed E-state index contributed by atoms with van der Waals surface area (Å²) in [7, 11) is 0. The lowest BCUT2D eigenvalue weighted by molar-refractivity contribution is -0.120. The van der Waals surface area contributed by atoms with Gasteiger partial charge in [0.2, 0.25) is 6.41 Å². The van der Waals surface area contributed by atoms with Gasteiger partial charge in [0.05, 0.1) is 11.6 Å². The zero-order chi connectivity index (χ0) is 20.4. The standard InChI is InChI=1S/C17H26FN3O.C4H10O/c1-3-19(4-2)13-17(15-7-5-6-8-16(15)18)21-11-9-20(14-22)10-12-21;1-4(2,3)5/h5-8,14,17H,3-4,9-13H2,1-2H3;5H,1-3H3. The number of likely N-dealkylation sites (N-methyl/N-ethyl adjacent to an activating group) is 1. The molecule has 6 heteroatoms. The number of halogens is 1. The van der Waals surface area contributed by atoms with E-state index in [1.165, 1.54) is 6.07 Å². The van der Waals surface area contributed by atoms with Crippen molar-refractivity contribution in [3.63, 3.8) is 0 Å². The first-order valence-electron chi connectivity index (χ1n) is 9.82. The van der Waals surface area contributed by atoms with Crippen molar-refractivity contribution in [3.05, 3.63) is 35.6 Å². The van der Waals surface area contributed by atoms with E-state index in [1.54, 1.807) is 31.7 Å². The molecule has 1 amide bonds. The molecule has 0 radical (unpaired) electrons. The highest BCUT2D eigenvalue weighted by Crippen LogP contribution is 2.25. The van der Waals surface area contributed by atoms with E-state index in [9.17, 15) is 9.18 Å². The van der Waals surface area contributed by atoms with Crippen LogP contribution in [0, 0.1) is 5.82 Å². The number of carbonyl (C=O) groups excluding carboxylic acids is 1. The average molecular weight is 382 g/mol. The molecule has 0 aliphatic carbocycles. The summed E-state index contributed by atoms with van der Waals surface area (Å²) in [6.45, 7) is 15.2. The van der Waals surface area contributed by atoms with Crippen molar-refractivity contribution in [1.82, 2.24) is 14.7 Å². The Hall–Kier alpha value is -1.50. The molecule has 0 saturated carbocycles. The Balaban J connectivity index is 0.000000646. The molecule has 1 atom stereocenters. The SMILES string of the molecule is CC(C)(C)O.CCN(CC)CC(c1ccccc1F)N1CCN(C=O)CC1. The van der Waals surface area contributed by atoms with Gasteiger partial charge in [-0.05, 0) is 39.9 Å². The minimum absolute atomic E-state index is 0.0369. The van der Waals surface area contributed by atoms with Crippen molar-refractivity contribution in [2.75, 3.05) is 45.8 Å². The van der Waals surface area contributed by atoms with Gasteiger partial charge in [-0.1, -0.05) is 32.0 Å². The number of aliphatic hydroxyl groups is 1. The van der Waals surface area contributed by atoms with Gasteiger partial charge < -0.3 is 14.9 Å². The molecule has 1 saturated heterocycles. The molecular formula is C21H36FN3O2. The molecule has 1 aromatic carbocycles. The van der Waals surface area contributed by atoms with Crippen molar-refractivity contribution < 1.29 is 14.3 Å². The highest BCUT2D eigenvalue weighted by molar-refractivity contribution is 5.47. The van der Waals surface area contributed by atoms with Gasteiger partial charge in [-0.15, -0.1) is 0 Å². The Morgan fingerprint density at radius 1 is 1.15 bits per heavy atom. The fourth-order valence-electron chi connectivity index (χ4n) is 3.04.